The third kappa shape index (κ3) is 2.88. The largest absolute Gasteiger partial charge is 0.206 e. The van der Waals surface area contributed by atoms with Gasteiger partial charge < -0.3 is 0 Å². The third-order valence-corrected chi connectivity index (χ3v) is 2.70. The fourth-order valence-electron chi connectivity index (χ4n) is 1.64. The predicted octanol–water partition coefficient (Wildman–Crippen LogP) is 3.88. The molecule has 0 amide bonds. The fraction of sp³-hybridized carbons (Fsp3) is 0. The smallest absolute Gasteiger partial charge is 0.141 e. The van der Waals surface area contributed by atoms with Gasteiger partial charge in [-0.05, 0) is 35.4 Å². The van der Waals surface area contributed by atoms with Gasteiger partial charge in [0.25, 0.3) is 0 Å². The molecule has 96 valence electrons. The molecule has 0 spiro atoms. The second-order valence-corrected chi connectivity index (χ2v) is 4.04. The molecule has 0 aliphatic heterocycles. The summed E-state index contributed by atoms with van der Waals surface area (Å²) >= 11 is 0. The standard InChI is InChI=1S/C16H8F2N2/c17-15-7-11(3-5-13(15)9-19)1-2-12-4-6-14(10-20)16(18)8-12/h1-8H/b2-1+. The van der Waals surface area contributed by atoms with Crippen molar-refractivity contribution in [3.8, 4) is 12.1 Å². The number of nitrogens with zero attached hydrogens (tertiary/aromatic N) is 2. The first-order valence-corrected chi connectivity index (χ1v) is 5.71. The van der Waals surface area contributed by atoms with Gasteiger partial charge in [-0.25, -0.2) is 8.78 Å². The molecule has 0 aliphatic carbocycles. The van der Waals surface area contributed by atoms with Crippen LogP contribution < -0.4 is 0 Å². The van der Waals surface area contributed by atoms with E-state index >= 15 is 0 Å². The molecule has 2 aromatic rings. The van der Waals surface area contributed by atoms with Crippen LogP contribution in [-0.2, 0) is 0 Å². The summed E-state index contributed by atoms with van der Waals surface area (Å²) in [6, 6.07) is 11.9. The van der Waals surface area contributed by atoms with Gasteiger partial charge in [-0.15, -0.1) is 0 Å². The van der Waals surface area contributed by atoms with Gasteiger partial charge in [0.05, 0.1) is 11.1 Å². The minimum Gasteiger partial charge on any atom is -0.206 e. The van der Waals surface area contributed by atoms with Crippen molar-refractivity contribution in [2.45, 2.75) is 0 Å². The van der Waals surface area contributed by atoms with Crippen molar-refractivity contribution >= 4 is 12.2 Å². The molecule has 2 aromatic carbocycles. The monoisotopic (exact) mass is 266 g/mol. The minimum absolute atomic E-state index is 0.0217. The molecule has 0 saturated heterocycles. The van der Waals surface area contributed by atoms with E-state index in [4.69, 9.17) is 10.5 Å². The van der Waals surface area contributed by atoms with Crippen molar-refractivity contribution in [2.24, 2.45) is 0 Å². The van der Waals surface area contributed by atoms with Crippen LogP contribution in [0.1, 0.15) is 22.3 Å². The average molecular weight is 266 g/mol. The van der Waals surface area contributed by atoms with Crippen LogP contribution in [0.25, 0.3) is 12.2 Å². The van der Waals surface area contributed by atoms with Crippen molar-refractivity contribution in [2.75, 3.05) is 0 Å². The van der Waals surface area contributed by atoms with Gasteiger partial charge in [0, 0.05) is 0 Å². The second kappa shape index (κ2) is 5.77. The lowest BCUT2D eigenvalue weighted by Crippen LogP contribution is -1.85. The van der Waals surface area contributed by atoms with E-state index in [0.29, 0.717) is 11.1 Å². The summed E-state index contributed by atoms with van der Waals surface area (Å²) in [5.41, 5.74) is 1.08. The van der Waals surface area contributed by atoms with E-state index in [1.165, 1.54) is 24.3 Å². The normalized spacial score (nSPS) is 10.2. The van der Waals surface area contributed by atoms with E-state index in [2.05, 4.69) is 0 Å². The zero-order valence-corrected chi connectivity index (χ0v) is 10.3. The van der Waals surface area contributed by atoms with Gasteiger partial charge in [0.2, 0.25) is 0 Å². The van der Waals surface area contributed by atoms with Crippen molar-refractivity contribution in [1.29, 1.82) is 10.5 Å². The van der Waals surface area contributed by atoms with E-state index in [0.717, 1.165) is 0 Å². The zero-order chi connectivity index (χ0) is 14.5. The molecule has 0 fully saturated rings. The fourth-order valence-corrected chi connectivity index (χ4v) is 1.64. The molecule has 0 bridgehead atoms. The van der Waals surface area contributed by atoms with Gasteiger partial charge in [-0.2, -0.15) is 10.5 Å². The number of halogens is 2. The molecule has 0 unspecified atom stereocenters. The SMILES string of the molecule is N#Cc1ccc(/C=C/c2ccc(C#N)c(F)c2)cc1F. The third-order valence-electron chi connectivity index (χ3n) is 2.70. The maximum Gasteiger partial charge on any atom is 0.141 e. The Hall–Kier alpha value is -2.98. The Kier molecular flexibility index (Phi) is 3.88. The number of hydrogen-bond donors (Lipinski definition) is 0. The Morgan fingerprint density at radius 1 is 0.750 bits per heavy atom. The number of hydrogen-bond acceptors (Lipinski definition) is 2. The lowest BCUT2D eigenvalue weighted by molar-refractivity contribution is 0.623. The molecular weight excluding hydrogens is 258 g/mol. The van der Waals surface area contributed by atoms with Crippen LogP contribution in [0.15, 0.2) is 36.4 Å². The van der Waals surface area contributed by atoms with Gasteiger partial charge in [-0.3, -0.25) is 0 Å². The summed E-state index contributed by atoms with van der Waals surface area (Å²) < 4.78 is 26.8. The van der Waals surface area contributed by atoms with Crippen LogP contribution in [0.3, 0.4) is 0 Å². The molecule has 0 aliphatic rings. The Labute approximate surface area is 114 Å². The highest BCUT2D eigenvalue weighted by molar-refractivity contribution is 5.70. The lowest BCUT2D eigenvalue weighted by Gasteiger charge is -1.98. The summed E-state index contributed by atoms with van der Waals surface area (Å²) in [5.74, 6) is -1.19. The van der Waals surface area contributed by atoms with Crippen molar-refractivity contribution < 1.29 is 8.78 Å². The zero-order valence-electron chi connectivity index (χ0n) is 10.3. The molecular formula is C16H8F2N2. The number of nitriles is 2. The van der Waals surface area contributed by atoms with E-state index in [1.807, 2.05) is 0 Å². The average Bonchev–Trinajstić information content (AvgIpc) is 2.45. The summed E-state index contributed by atoms with van der Waals surface area (Å²) in [6.07, 6.45) is 3.20. The highest BCUT2D eigenvalue weighted by atomic mass is 19.1. The summed E-state index contributed by atoms with van der Waals surface area (Å²) in [5, 5.41) is 17.2. The second-order valence-electron chi connectivity index (χ2n) is 4.04. The van der Waals surface area contributed by atoms with Crippen LogP contribution >= 0.6 is 0 Å². The first-order valence-electron chi connectivity index (χ1n) is 5.71. The topological polar surface area (TPSA) is 47.6 Å². The number of rotatable bonds is 2. The summed E-state index contributed by atoms with van der Waals surface area (Å²) in [4.78, 5) is 0. The first kappa shape index (κ1) is 13.5. The molecule has 0 aromatic heterocycles. The molecule has 0 atom stereocenters. The van der Waals surface area contributed by atoms with E-state index in [-0.39, 0.29) is 11.1 Å². The maximum atomic E-state index is 13.4. The lowest BCUT2D eigenvalue weighted by atomic mass is 10.1. The molecule has 2 nitrogen and oxygen atoms in total. The first-order chi connectivity index (χ1) is 9.63. The molecule has 0 heterocycles. The Morgan fingerprint density at radius 2 is 1.15 bits per heavy atom. The van der Waals surface area contributed by atoms with Crippen molar-refractivity contribution in [1.82, 2.24) is 0 Å². The van der Waals surface area contributed by atoms with E-state index in [1.54, 1.807) is 36.4 Å². The Balaban J connectivity index is 2.26. The van der Waals surface area contributed by atoms with E-state index < -0.39 is 11.6 Å². The van der Waals surface area contributed by atoms with Gasteiger partial charge in [0.15, 0.2) is 0 Å². The molecule has 20 heavy (non-hydrogen) atoms. The highest BCUT2D eigenvalue weighted by Gasteiger charge is 2.02. The molecule has 0 saturated carbocycles. The van der Waals surface area contributed by atoms with Crippen LogP contribution in [0.4, 0.5) is 8.78 Å². The Bertz CT molecular complexity index is 700. The van der Waals surface area contributed by atoms with Crippen LogP contribution in [0.2, 0.25) is 0 Å². The Morgan fingerprint density at radius 3 is 1.45 bits per heavy atom. The van der Waals surface area contributed by atoms with Crippen LogP contribution in [0.5, 0.6) is 0 Å². The van der Waals surface area contributed by atoms with E-state index in [9.17, 15) is 8.78 Å². The number of benzene rings is 2. The van der Waals surface area contributed by atoms with Crippen molar-refractivity contribution in [3.63, 3.8) is 0 Å². The maximum absolute atomic E-state index is 13.4. The van der Waals surface area contributed by atoms with Gasteiger partial charge >= 0.3 is 0 Å². The summed E-state index contributed by atoms with van der Waals surface area (Å²) in [6.45, 7) is 0. The van der Waals surface area contributed by atoms with Gasteiger partial charge in [0.1, 0.15) is 23.8 Å². The highest BCUT2D eigenvalue weighted by Crippen LogP contribution is 2.15. The molecule has 4 heteroatoms. The summed E-state index contributed by atoms with van der Waals surface area (Å²) in [7, 11) is 0. The molecule has 0 radical (unpaired) electrons. The van der Waals surface area contributed by atoms with Crippen LogP contribution in [0, 0.1) is 34.3 Å². The minimum atomic E-state index is -0.597. The van der Waals surface area contributed by atoms with Gasteiger partial charge in [-0.1, -0.05) is 24.3 Å². The van der Waals surface area contributed by atoms with Crippen LogP contribution in [-0.4, -0.2) is 0 Å². The molecule has 2 rings (SSSR count). The molecule has 0 N–H and O–H groups in total. The quantitative estimate of drug-likeness (QED) is 0.774. The predicted molar refractivity (Wildman–Crippen MR) is 71.2 cm³/mol. The van der Waals surface area contributed by atoms with Crippen molar-refractivity contribution in [3.05, 3.63) is 70.3 Å².